The Balaban J connectivity index is 0.00000150. The van der Waals surface area contributed by atoms with Crippen LogP contribution in [-0.4, -0.2) is 27.5 Å². The zero-order valence-corrected chi connectivity index (χ0v) is 18.4. The molecule has 4 rings (SSSR count). The summed E-state index contributed by atoms with van der Waals surface area (Å²) in [6, 6.07) is 11.1. The Labute approximate surface area is 185 Å². The lowest BCUT2D eigenvalue weighted by Gasteiger charge is -2.24. The van der Waals surface area contributed by atoms with E-state index in [4.69, 9.17) is 0 Å². The van der Waals surface area contributed by atoms with Crippen LogP contribution in [0.15, 0.2) is 42.7 Å². The molecule has 2 aliphatic rings. The molecule has 0 radical (unpaired) electrons. The van der Waals surface area contributed by atoms with Crippen LogP contribution in [0.25, 0.3) is 0 Å². The smallest absolute Gasteiger partial charge is 0.237 e. The van der Waals surface area contributed by atoms with Crippen LogP contribution in [0.5, 0.6) is 0 Å². The van der Waals surface area contributed by atoms with Crippen LogP contribution < -0.4 is 10.6 Å². The molecule has 1 saturated carbocycles. The number of halogens is 2. The van der Waals surface area contributed by atoms with Crippen molar-refractivity contribution in [3.05, 3.63) is 54.1 Å². The highest BCUT2D eigenvalue weighted by Crippen LogP contribution is 2.33. The molecule has 3 atom stereocenters. The van der Waals surface area contributed by atoms with Crippen LogP contribution in [0.3, 0.4) is 0 Å². The van der Waals surface area contributed by atoms with Crippen molar-refractivity contribution in [2.75, 3.05) is 0 Å². The Morgan fingerprint density at radius 2 is 1.97 bits per heavy atom. The highest BCUT2D eigenvalue weighted by molar-refractivity contribution is 5.85. The van der Waals surface area contributed by atoms with E-state index in [1.165, 1.54) is 31.2 Å². The van der Waals surface area contributed by atoms with Gasteiger partial charge < -0.3 is 15.2 Å². The van der Waals surface area contributed by atoms with Crippen molar-refractivity contribution in [3.63, 3.8) is 0 Å². The molecule has 29 heavy (non-hydrogen) atoms. The van der Waals surface area contributed by atoms with Gasteiger partial charge in [-0.25, -0.2) is 4.98 Å². The molecule has 1 aliphatic heterocycles. The minimum absolute atomic E-state index is 0. The van der Waals surface area contributed by atoms with Gasteiger partial charge in [-0.05, 0) is 43.6 Å². The van der Waals surface area contributed by atoms with E-state index in [-0.39, 0.29) is 36.8 Å². The largest absolute Gasteiger partial charge is 0.348 e. The number of fused-ring (bicyclic) bond motifs is 1. The summed E-state index contributed by atoms with van der Waals surface area (Å²) in [6.07, 6.45) is 12.0. The average molecular weight is 439 g/mol. The number of carbonyl (C=O) groups excluding carboxylic acids is 1. The fourth-order valence-corrected chi connectivity index (χ4v) is 4.62. The van der Waals surface area contributed by atoms with Crippen molar-refractivity contribution in [1.29, 1.82) is 0 Å². The molecule has 2 aromatic rings. The Kier molecular flexibility index (Phi) is 9.47. The van der Waals surface area contributed by atoms with Crippen LogP contribution in [0, 0.1) is 5.92 Å². The van der Waals surface area contributed by atoms with Crippen LogP contribution in [-0.2, 0) is 24.3 Å². The molecule has 1 aromatic carbocycles. The second-order valence-corrected chi connectivity index (χ2v) is 7.95. The number of hydrogen-bond donors (Lipinski definition) is 2. The number of aryl methyl sites for hydroxylation is 2. The molecule has 1 saturated heterocycles. The van der Waals surface area contributed by atoms with E-state index in [2.05, 4.69) is 44.5 Å². The van der Waals surface area contributed by atoms with Gasteiger partial charge in [-0.2, -0.15) is 0 Å². The van der Waals surface area contributed by atoms with E-state index in [9.17, 15) is 4.79 Å². The summed E-state index contributed by atoms with van der Waals surface area (Å²) in [5, 5.41) is 6.65. The molecule has 160 valence electrons. The van der Waals surface area contributed by atoms with E-state index in [1.807, 2.05) is 18.5 Å². The van der Waals surface area contributed by atoms with E-state index >= 15 is 0 Å². The molecule has 1 amide bonds. The van der Waals surface area contributed by atoms with Crippen LogP contribution in [0.1, 0.15) is 49.9 Å². The van der Waals surface area contributed by atoms with Crippen molar-refractivity contribution < 1.29 is 4.79 Å². The zero-order valence-electron chi connectivity index (χ0n) is 16.8. The van der Waals surface area contributed by atoms with Crippen molar-refractivity contribution >= 4 is 30.7 Å². The lowest BCUT2D eigenvalue weighted by atomic mass is 9.85. The van der Waals surface area contributed by atoms with Gasteiger partial charge in [0.15, 0.2) is 0 Å². The Hall–Kier alpha value is -1.56. The number of carbonyl (C=O) groups is 1. The molecule has 3 unspecified atom stereocenters. The first-order valence-corrected chi connectivity index (χ1v) is 10.4. The van der Waals surface area contributed by atoms with Crippen molar-refractivity contribution in [2.45, 2.75) is 70.1 Å². The summed E-state index contributed by atoms with van der Waals surface area (Å²) in [5.41, 5.74) is 1.36. The number of rotatable bonds is 7. The molecule has 0 bridgehead atoms. The van der Waals surface area contributed by atoms with Crippen LogP contribution in [0.2, 0.25) is 0 Å². The zero-order chi connectivity index (χ0) is 18.5. The van der Waals surface area contributed by atoms with E-state index in [0.717, 1.165) is 31.6 Å². The minimum Gasteiger partial charge on any atom is -0.348 e. The lowest BCUT2D eigenvalue weighted by molar-refractivity contribution is -0.123. The van der Waals surface area contributed by atoms with Gasteiger partial charge in [0, 0.05) is 25.0 Å². The number of nitrogens with one attached hydrogen (secondary N) is 2. The molecule has 1 aliphatic carbocycles. The molecular weight excluding hydrogens is 407 g/mol. The van der Waals surface area contributed by atoms with Gasteiger partial charge in [0.2, 0.25) is 5.91 Å². The minimum atomic E-state index is -0.0282. The summed E-state index contributed by atoms with van der Waals surface area (Å²) in [6.45, 7) is 1.43. The Morgan fingerprint density at radius 3 is 2.76 bits per heavy atom. The average Bonchev–Trinajstić information content (AvgIpc) is 3.33. The van der Waals surface area contributed by atoms with Crippen LogP contribution in [0.4, 0.5) is 0 Å². The van der Waals surface area contributed by atoms with Gasteiger partial charge in [-0.15, -0.1) is 24.8 Å². The van der Waals surface area contributed by atoms with Gasteiger partial charge in [0.1, 0.15) is 5.82 Å². The fourth-order valence-electron chi connectivity index (χ4n) is 4.62. The molecule has 0 spiro atoms. The van der Waals surface area contributed by atoms with Crippen molar-refractivity contribution in [2.24, 2.45) is 5.92 Å². The van der Waals surface area contributed by atoms with E-state index < -0.39 is 0 Å². The lowest BCUT2D eigenvalue weighted by Crippen LogP contribution is -2.43. The molecule has 1 aromatic heterocycles. The fraction of sp³-hybridized carbons (Fsp3) is 0.545. The van der Waals surface area contributed by atoms with Crippen molar-refractivity contribution in [1.82, 2.24) is 20.2 Å². The van der Waals surface area contributed by atoms with Crippen LogP contribution >= 0.6 is 24.8 Å². The number of hydrogen-bond acceptors (Lipinski definition) is 3. The predicted octanol–water partition coefficient (Wildman–Crippen LogP) is 3.90. The third-order valence-electron chi connectivity index (χ3n) is 6.11. The normalized spacial score (nSPS) is 22.8. The third kappa shape index (κ3) is 6.21. The van der Waals surface area contributed by atoms with E-state index in [1.54, 1.807) is 0 Å². The SMILES string of the molecule is Cl.Cl.O=C(NCc1nccn1CCCc1ccccc1)C1CC2CCCCC2N1. The first-order valence-electron chi connectivity index (χ1n) is 10.4. The third-order valence-corrected chi connectivity index (χ3v) is 6.11. The number of imidazole rings is 1. The second kappa shape index (κ2) is 11.6. The maximum absolute atomic E-state index is 12.6. The van der Waals surface area contributed by atoms with Gasteiger partial charge in [-0.3, -0.25) is 4.79 Å². The topological polar surface area (TPSA) is 59.0 Å². The molecule has 7 heteroatoms. The molecule has 2 N–H and O–H groups in total. The second-order valence-electron chi connectivity index (χ2n) is 7.95. The number of benzene rings is 1. The molecular formula is C22H32Cl2N4O. The molecule has 2 heterocycles. The van der Waals surface area contributed by atoms with E-state index in [0.29, 0.717) is 18.5 Å². The van der Waals surface area contributed by atoms with Gasteiger partial charge in [-0.1, -0.05) is 43.2 Å². The van der Waals surface area contributed by atoms with Gasteiger partial charge in [0.25, 0.3) is 0 Å². The van der Waals surface area contributed by atoms with Gasteiger partial charge in [0.05, 0.1) is 12.6 Å². The summed E-state index contributed by atoms with van der Waals surface area (Å²) >= 11 is 0. The highest BCUT2D eigenvalue weighted by Gasteiger charge is 2.38. The standard InChI is InChI=1S/C22H30N4O.2ClH/c27-22(20-15-18-10-4-5-11-19(18)25-20)24-16-21-23-12-14-26(21)13-6-9-17-7-2-1-3-8-17;;/h1-3,7-8,12,14,18-20,25H,4-6,9-11,13,15-16H2,(H,24,27);2*1H. The molecule has 2 fully saturated rings. The Morgan fingerprint density at radius 1 is 1.17 bits per heavy atom. The maximum atomic E-state index is 12.6. The summed E-state index contributed by atoms with van der Waals surface area (Å²) in [5.74, 6) is 1.75. The summed E-state index contributed by atoms with van der Waals surface area (Å²) in [4.78, 5) is 17.0. The number of nitrogens with zero attached hydrogens (tertiary/aromatic N) is 2. The predicted molar refractivity (Wildman–Crippen MR) is 121 cm³/mol. The monoisotopic (exact) mass is 438 g/mol. The quantitative estimate of drug-likeness (QED) is 0.688. The summed E-state index contributed by atoms with van der Waals surface area (Å²) in [7, 11) is 0. The number of amides is 1. The highest BCUT2D eigenvalue weighted by atomic mass is 35.5. The van der Waals surface area contributed by atoms with Crippen molar-refractivity contribution in [3.8, 4) is 0 Å². The summed E-state index contributed by atoms with van der Waals surface area (Å²) < 4.78 is 2.16. The maximum Gasteiger partial charge on any atom is 0.237 e. The molecule has 5 nitrogen and oxygen atoms in total. The number of aromatic nitrogens is 2. The first-order chi connectivity index (χ1) is 13.3. The first kappa shape index (κ1) is 23.7. The Bertz CT molecular complexity index is 738. The van der Waals surface area contributed by atoms with Gasteiger partial charge >= 0.3 is 0 Å².